The Hall–Kier alpha value is -3.40. The van der Waals surface area contributed by atoms with Crippen LogP contribution in [0.2, 0.25) is 0 Å². The van der Waals surface area contributed by atoms with Gasteiger partial charge in [-0.25, -0.2) is 4.79 Å². The number of hydrogen-bond acceptors (Lipinski definition) is 6. The fourth-order valence-electron chi connectivity index (χ4n) is 4.35. The fraction of sp³-hybridized carbons (Fsp3) is 0.391. The highest BCUT2D eigenvalue weighted by Crippen LogP contribution is 2.24. The Kier molecular flexibility index (Phi) is 5.76. The highest BCUT2D eigenvalue weighted by Gasteiger charge is 2.21. The van der Waals surface area contributed by atoms with Crippen LogP contribution in [0, 0.1) is 5.92 Å². The second-order valence-corrected chi connectivity index (χ2v) is 8.50. The maximum Gasteiger partial charge on any atom is 0.329 e. The zero-order valence-electron chi connectivity index (χ0n) is 18.2. The molecule has 0 bridgehead atoms. The zero-order chi connectivity index (χ0) is 22.9. The Labute approximate surface area is 188 Å². The van der Waals surface area contributed by atoms with Gasteiger partial charge in [0.15, 0.2) is 0 Å². The van der Waals surface area contributed by atoms with Crippen LogP contribution in [0.25, 0.3) is 22.5 Å². The topological polar surface area (TPSA) is 82.0 Å². The Morgan fingerprint density at radius 3 is 2.42 bits per heavy atom. The minimum Gasteiger partial charge on any atom is -0.415 e. The third-order valence-electron chi connectivity index (χ3n) is 6.22. The van der Waals surface area contributed by atoms with E-state index in [1.54, 1.807) is 16.7 Å². The lowest BCUT2D eigenvalue weighted by Crippen LogP contribution is -2.34. The van der Waals surface area contributed by atoms with E-state index in [0.29, 0.717) is 30.3 Å². The smallest absolute Gasteiger partial charge is 0.329 e. The summed E-state index contributed by atoms with van der Waals surface area (Å²) in [7, 11) is 2.13. The molecule has 0 atom stereocenters. The number of fused-ring (bicyclic) bond motifs is 1. The van der Waals surface area contributed by atoms with Gasteiger partial charge >= 0.3 is 12.1 Å². The molecule has 0 unspecified atom stereocenters. The van der Waals surface area contributed by atoms with Crippen molar-refractivity contribution in [3.8, 4) is 11.5 Å². The molecule has 8 nitrogen and oxygen atoms in total. The van der Waals surface area contributed by atoms with Crippen molar-refractivity contribution < 1.29 is 13.2 Å². The Bertz CT molecular complexity index is 1300. The van der Waals surface area contributed by atoms with Gasteiger partial charge in [-0.05, 0) is 63.2 Å². The van der Waals surface area contributed by atoms with Crippen LogP contribution in [0.1, 0.15) is 30.9 Å². The van der Waals surface area contributed by atoms with Gasteiger partial charge in [0.1, 0.15) is 0 Å². The molecule has 0 aliphatic carbocycles. The standard InChI is InChI=1S/C23H24F2N6O2/c1-29-10-8-15(9-11-29)13-30-18-4-2-3-5-19(18)31(23(30)32)14-17-7-6-16(12-26-17)21-27-28-22(33-21)20(24)25/h2-7,12,15,20H,8-11,13-14H2,1H3. The predicted octanol–water partition coefficient (Wildman–Crippen LogP) is 3.58. The molecule has 1 saturated heterocycles. The molecule has 0 saturated carbocycles. The highest BCUT2D eigenvalue weighted by atomic mass is 19.3. The lowest BCUT2D eigenvalue weighted by Gasteiger charge is -2.29. The minimum absolute atomic E-state index is 0.0174. The minimum atomic E-state index is -2.82. The number of pyridine rings is 1. The fourth-order valence-corrected chi connectivity index (χ4v) is 4.35. The van der Waals surface area contributed by atoms with Gasteiger partial charge in [0.25, 0.3) is 5.89 Å². The second-order valence-electron chi connectivity index (χ2n) is 8.50. The van der Waals surface area contributed by atoms with Crippen molar-refractivity contribution in [1.82, 2.24) is 29.2 Å². The third-order valence-corrected chi connectivity index (χ3v) is 6.22. The molecule has 4 heterocycles. The number of piperidine rings is 1. The van der Waals surface area contributed by atoms with E-state index in [0.717, 1.165) is 37.0 Å². The summed E-state index contributed by atoms with van der Waals surface area (Å²) < 4.78 is 34.0. The Morgan fingerprint density at radius 2 is 1.79 bits per heavy atom. The second kappa shape index (κ2) is 8.86. The van der Waals surface area contributed by atoms with Crippen molar-refractivity contribution in [3.05, 3.63) is 64.7 Å². The van der Waals surface area contributed by atoms with E-state index >= 15 is 0 Å². The summed E-state index contributed by atoms with van der Waals surface area (Å²) in [6, 6.07) is 11.2. The van der Waals surface area contributed by atoms with Gasteiger partial charge in [0.2, 0.25) is 5.89 Å². The van der Waals surface area contributed by atoms with Crippen LogP contribution in [0.5, 0.6) is 0 Å². The van der Waals surface area contributed by atoms with E-state index in [9.17, 15) is 13.6 Å². The molecule has 33 heavy (non-hydrogen) atoms. The van der Waals surface area contributed by atoms with Crippen molar-refractivity contribution >= 4 is 11.0 Å². The molecular formula is C23H24F2N6O2. The van der Waals surface area contributed by atoms with Crippen molar-refractivity contribution in [3.63, 3.8) is 0 Å². The number of aromatic nitrogens is 5. The van der Waals surface area contributed by atoms with Crippen molar-refractivity contribution in [2.45, 2.75) is 32.4 Å². The van der Waals surface area contributed by atoms with E-state index < -0.39 is 12.3 Å². The monoisotopic (exact) mass is 454 g/mol. The molecule has 1 aromatic carbocycles. The number of halogens is 2. The van der Waals surface area contributed by atoms with Gasteiger partial charge in [0.05, 0.1) is 28.8 Å². The van der Waals surface area contributed by atoms with Crippen LogP contribution in [0.3, 0.4) is 0 Å². The SMILES string of the molecule is CN1CCC(Cn2c(=O)n(Cc3ccc(-c4nnc(C(F)F)o4)cn3)c3ccccc32)CC1. The molecule has 0 spiro atoms. The van der Waals surface area contributed by atoms with Crippen LogP contribution in [-0.4, -0.2) is 49.4 Å². The number of benzene rings is 1. The third kappa shape index (κ3) is 4.30. The first-order valence-electron chi connectivity index (χ1n) is 10.9. The average Bonchev–Trinajstić information content (AvgIpc) is 3.41. The van der Waals surface area contributed by atoms with Crippen LogP contribution in [0.15, 0.2) is 51.8 Å². The van der Waals surface area contributed by atoms with Crippen LogP contribution >= 0.6 is 0 Å². The number of alkyl halides is 2. The molecule has 0 radical (unpaired) electrons. The molecular weight excluding hydrogens is 430 g/mol. The maximum absolute atomic E-state index is 13.4. The normalized spacial score (nSPS) is 15.6. The Balaban J connectivity index is 1.41. The van der Waals surface area contributed by atoms with Crippen molar-refractivity contribution in [2.24, 2.45) is 5.92 Å². The Morgan fingerprint density at radius 1 is 1.06 bits per heavy atom. The number of likely N-dealkylation sites (tertiary alicyclic amines) is 1. The van der Waals surface area contributed by atoms with Gasteiger partial charge in [-0.1, -0.05) is 12.1 Å². The van der Waals surface area contributed by atoms with Gasteiger partial charge in [-0.15, -0.1) is 10.2 Å². The van der Waals surface area contributed by atoms with Crippen LogP contribution in [-0.2, 0) is 13.1 Å². The highest BCUT2D eigenvalue weighted by molar-refractivity contribution is 5.76. The first-order valence-corrected chi connectivity index (χ1v) is 10.9. The maximum atomic E-state index is 13.4. The number of hydrogen-bond donors (Lipinski definition) is 0. The molecule has 0 amide bonds. The zero-order valence-corrected chi connectivity index (χ0v) is 18.2. The molecule has 5 rings (SSSR count). The van der Waals surface area contributed by atoms with E-state index in [-0.39, 0.29) is 11.6 Å². The predicted molar refractivity (Wildman–Crippen MR) is 118 cm³/mol. The molecule has 1 fully saturated rings. The average molecular weight is 454 g/mol. The number of imidazole rings is 1. The molecule has 3 aromatic heterocycles. The van der Waals surface area contributed by atoms with Gasteiger partial charge in [-0.2, -0.15) is 8.78 Å². The molecule has 1 aliphatic heterocycles. The largest absolute Gasteiger partial charge is 0.415 e. The van der Waals surface area contributed by atoms with Gasteiger partial charge in [0, 0.05) is 12.7 Å². The number of para-hydroxylation sites is 2. The van der Waals surface area contributed by atoms with E-state index in [1.807, 2.05) is 28.8 Å². The molecule has 1 aliphatic rings. The molecule has 10 heteroatoms. The lowest BCUT2D eigenvalue weighted by atomic mass is 9.97. The summed E-state index contributed by atoms with van der Waals surface area (Å²) in [4.78, 5) is 20.1. The van der Waals surface area contributed by atoms with Gasteiger partial charge in [-0.3, -0.25) is 14.1 Å². The summed E-state index contributed by atoms with van der Waals surface area (Å²) in [5, 5.41) is 6.98. The summed E-state index contributed by atoms with van der Waals surface area (Å²) >= 11 is 0. The van der Waals surface area contributed by atoms with Gasteiger partial charge < -0.3 is 9.32 Å². The first-order chi connectivity index (χ1) is 16.0. The van der Waals surface area contributed by atoms with E-state index in [4.69, 9.17) is 4.42 Å². The molecule has 0 N–H and O–H groups in total. The van der Waals surface area contributed by atoms with Crippen molar-refractivity contribution in [1.29, 1.82) is 0 Å². The van der Waals surface area contributed by atoms with Crippen molar-refractivity contribution in [2.75, 3.05) is 20.1 Å². The number of nitrogens with zero attached hydrogens (tertiary/aromatic N) is 6. The van der Waals surface area contributed by atoms with Crippen LogP contribution in [0.4, 0.5) is 8.78 Å². The summed E-state index contributed by atoms with van der Waals surface area (Å²) in [6.07, 6.45) is 0.820. The lowest BCUT2D eigenvalue weighted by molar-refractivity contribution is 0.116. The summed E-state index contributed by atoms with van der Waals surface area (Å²) in [6.45, 7) is 3.10. The summed E-state index contributed by atoms with van der Waals surface area (Å²) in [5.41, 5.74) is 2.83. The summed E-state index contributed by atoms with van der Waals surface area (Å²) in [5.74, 6) is -0.266. The van der Waals surface area contributed by atoms with E-state index in [1.165, 1.54) is 6.20 Å². The van der Waals surface area contributed by atoms with Crippen LogP contribution < -0.4 is 5.69 Å². The quantitative estimate of drug-likeness (QED) is 0.443. The molecule has 4 aromatic rings. The van der Waals surface area contributed by atoms with E-state index in [2.05, 4.69) is 27.1 Å². The number of rotatable bonds is 6. The first kappa shape index (κ1) is 21.4. The molecule has 172 valence electrons.